The van der Waals surface area contributed by atoms with E-state index < -0.39 is 12.0 Å². The van der Waals surface area contributed by atoms with Crippen molar-refractivity contribution in [3.05, 3.63) is 41.3 Å². The Morgan fingerprint density at radius 3 is 2.65 bits per heavy atom. The van der Waals surface area contributed by atoms with Crippen LogP contribution < -0.4 is 11.1 Å². The maximum Gasteiger partial charge on any atom is 0.264 e. The number of aromatic hydroxyl groups is 1. The van der Waals surface area contributed by atoms with Crippen LogP contribution in [0.5, 0.6) is 5.75 Å². The molecule has 0 saturated carbocycles. The minimum atomic E-state index is -0.848. The van der Waals surface area contributed by atoms with Crippen LogP contribution in [0.4, 0.5) is 0 Å². The molecule has 1 saturated heterocycles. The zero-order valence-corrected chi connectivity index (χ0v) is 11.3. The highest BCUT2D eigenvalue weighted by atomic mass is 32.1. The van der Waals surface area contributed by atoms with Crippen molar-refractivity contribution in [3.63, 3.8) is 0 Å². The van der Waals surface area contributed by atoms with E-state index in [1.165, 1.54) is 12.1 Å². The number of carbonyl (C=O) groups is 1. The number of carbonyl (C=O) groups excluding carboxylic acids is 1. The molecule has 7 heteroatoms. The van der Waals surface area contributed by atoms with Gasteiger partial charge in [0.15, 0.2) is 5.57 Å². The quantitative estimate of drug-likeness (QED) is 0.370. The molecule has 4 N–H and O–H groups in total. The highest BCUT2D eigenvalue weighted by Crippen LogP contribution is 2.32. The number of phenols is 1. The lowest BCUT2D eigenvalue weighted by Gasteiger charge is -2.15. The molecule has 0 bridgehead atoms. The van der Waals surface area contributed by atoms with Crippen molar-refractivity contribution in [2.75, 3.05) is 5.75 Å². The Bertz CT molecular complexity index is 592. The Balaban J connectivity index is 2.34. The van der Waals surface area contributed by atoms with E-state index in [4.69, 9.17) is 15.7 Å². The van der Waals surface area contributed by atoms with Gasteiger partial charge in [0, 0.05) is 5.75 Å². The molecule has 2 rings (SSSR count). The molecule has 20 heavy (non-hydrogen) atoms. The van der Waals surface area contributed by atoms with Gasteiger partial charge in [0.25, 0.3) is 5.91 Å². The first-order valence-electron chi connectivity index (χ1n) is 5.84. The van der Waals surface area contributed by atoms with E-state index in [-0.39, 0.29) is 23.2 Å². The third-order valence-corrected chi connectivity index (χ3v) is 3.32. The maximum atomic E-state index is 11.2. The van der Waals surface area contributed by atoms with E-state index in [1.54, 1.807) is 18.2 Å². The molecule has 1 heterocycles. The summed E-state index contributed by atoms with van der Waals surface area (Å²) < 4.78 is 5.62. The van der Waals surface area contributed by atoms with Crippen LogP contribution in [0.3, 0.4) is 0 Å². The molecule has 0 aromatic heterocycles. The number of amides is 1. The van der Waals surface area contributed by atoms with E-state index in [1.807, 2.05) is 0 Å². The summed E-state index contributed by atoms with van der Waals surface area (Å²) in [6, 6.07) is 8.00. The van der Waals surface area contributed by atoms with Gasteiger partial charge in [-0.2, -0.15) is 17.9 Å². The van der Waals surface area contributed by atoms with Gasteiger partial charge in [-0.05, 0) is 17.7 Å². The lowest BCUT2D eigenvalue weighted by Crippen LogP contribution is -2.28. The van der Waals surface area contributed by atoms with Crippen LogP contribution >= 0.6 is 12.6 Å². The third-order valence-electron chi connectivity index (χ3n) is 2.93. The second kappa shape index (κ2) is 5.75. The third kappa shape index (κ3) is 2.65. The van der Waals surface area contributed by atoms with E-state index in [9.17, 15) is 9.90 Å². The van der Waals surface area contributed by atoms with Crippen molar-refractivity contribution >= 4 is 18.5 Å². The van der Waals surface area contributed by atoms with Gasteiger partial charge in [-0.1, -0.05) is 12.1 Å². The summed E-state index contributed by atoms with van der Waals surface area (Å²) in [4.78, 5) is 11.2. The Morgan fingerprint density at radius 2 is 2.15 bits per heavy atom. The zero-order valence-electron chi connectivity index (χ0n) is 10.4. The molecule has 2 unspecified atom stereocenters. The minimum absolute atomic E-state index is 0.0668. The number of nitriles is 1. The van der Waals surface area contributed by atoms with Crippen molar-refractivity contribution < 1.29 is 14.6 Å². The number of benzene rings is 1. The number of nitrogens with one attached hydrogen (secondary N) is 1. The average Bonchev–Trinajstić information content (AvgIpc) is 2.84. The van der Waals surface area contributed by atoms with Crippen LogP contribution in [0.25, 0.3) is 0 Å². The molecule has 0 radical (unpaired) electrons. The van der Waals surface area contributed by atoms with Crippen molar-refractivity contribution in [2.24, 2.45) is 5.73 Å². The minimum Gasteiger partial charge on any atom is -0.508 e. The largest absolute Gasteiger partial charge is 0.508 e. The monoisotopic (exact) mass is 291 g/mol. The topological polar surface area (TPSA) is 108 Å². The number of ether oxygens (including phenoxy) is 1. The van der Waals surface area contributed by atoms with E-state index in [0.717, 1.165) is 5.56 Å². The Kier molecular flexibility index (Phi) is 4.05. The van der Waals surface area contributed by atoms with Crippen LogP contribution in [-0.4, -0.2) is 22.8 Å². The summed E-state index contributed by atoms with van der Waals surface area (Å²) in [6.07, 6.45) is -0.411. The lowest BCUT2D eigenvalue weighted by molar-refractivity contribution is -0.114. The van der Waals surface area contributed by atoms with Crippen LogP contribution in [0, 0.1) is 11.3 Å². The first-order valence-corrected chi connectivity index (χ1v) is 6.47. The molecule has 2 atom stereocenters. The molecule has 0 aliphatic carbocycles. The number of phenolic OH excluding ortho intramolecular Hbond substituents is 1. The summed E-state index contributed by atoms with van der Waals surface area (Å²) >= 11 is 4.22. The fourth-order valence-electron chi connectivity index (χ4n) is 1.94. The van der Waals surface area contributed by atoms with E-state index in [2.05, 4.69) is 17.9 Å². The van der Waals surface area contributed by atoms with Gasteiger partial charge in [0.05, 0.1) is 6.04 Å². The predicted molar refractivity (Wildman–Crippen MR) is 74.5 cm³/mol. The fourth-order valence-corrected chi connectivity index (χ4v) is 2.22. The highest BCUT2D eigenvalue weighted by Gasteiger charge is 2.34. The van der Waals surface area contributed by atoms with Crippen LogP contribution in [0.1, 0.15) is 11.7 Å². The second-order valence-electron chi connectivity index (χ2n) is 4.24. The second-order valence-corrected chi connectivity index (χ2v) is 4.61. The van der Waals surface area contributed by atoms with Gasteiger partial charge in [0.1, 0.15) is 17.9 Å². The number of hydrogen-bond acceptors (Lipinski definition) is 6. The summed E-state index contributed by atoms with van der Waals surface area (Å²) in [5.74, 6) is -0.198. The highest BCUT2D eigenvalue weighted by molar-refractivity contribution is 7.80. The van der Waals surface area contributed by atoms with Crippen molar-refractivity contribution in [3.8, 4) is 11.8 Å². The van der Waals surface area contributed by atoms with Gasteiger partial charge in [-0.25, -0.2) is 0 Å². The van der Waals surface area contributed by atoms with Gasteiger partial charge in [0.2, 0.25) is 5.88 Å². The van der Waals surface area contributed by atoms with Gasteiger partial charge in [-0.15, -0.1) is 0 Å². The Labute approximate surface area is 121 Å². The summed E-state index contributed by atoms with van der Waals surface area (Å²) in [5.41, 5.74) is 5.67. The molecule has 1 fully saturated rings. The number of primary amides is 1. The summed E-state index contributed by atoms with van der Waals surface area (Å²) in [5, 5.41) is 21.1. The molecule has 1 aliphatic rings. The molecular weight excluding hydrogens is 278 g/mol. The lowest BCUT2D eigenvalue weighted by atomic mass is 10.0. The first kappa shape index (κ1) is 14.1. The van der Waals surface area contributed by atoms with E-state index >= 15 is 0 Å². The Hall–Kier alpha value is -2.33. The van der Waals surface area contributed by atoms with Crippen molar-refractivity contribution in [1.82, 2.24) is 5.32 Å². The molecule has 1 amide bonds. The standard InChI is InChI=1S/C13H13N3O3S/c14-5-9(12(15)18)13-16-10(6-20)11(19-13)7-1-3-8(17)4-2-7/h1-4,10-11,16-17,20H,6H2,(H2,15,18)/b13-9+. The van der Waals surface area contributed by atoms with Crippen LogP contribution in [-0.2, 0) is 9.53 Å². The summed E-state index contributed by atoms with van der Waals surface area (Å²) in [6.45, 7) is 0. The molecule has 104 valence electrons. The van der Waals surface area contributed by atoms with Crippen LogP contribution in [0.2, 0.25) is 0 Å². The fraction of sp³-hybridized carbons (Fsp3) is 0.231. The van der Waals surface area contributed by atoms with Crippen molar-refractivity contribution in [2.45, 2.75) is 12.1 Å². The van der Waals surface area contributed by atoms with Gasteiger partial charge >= 0.3 is 0 Å². The average molecular weight is 291 g/mol. The number of hydrogen-bond donors (Lipinski definition) is 4. The number of nitrogens with zero attached hydrogens (tertiary/aromatic N) is 1. The molecule has 1 aliphatic heterocycles. The maximum absolute atomic E-state index is 11.2. The normalized spacial score (nSPS) is 23.4. The number of rotatable bonds is 3. The number of thiol groups is 1. The predicted octanol–water partition coefficient (Wildman–Crippen LogP) is 0.572. The SMILES string of the molecule is N#C/C(C(N)=O)=C1/NC(CS)C(c2ccc(O)cc2)O1. The number of nitrogens with two attached hydrogens (primary N) is 1. The molecular formula is C13H13N3O3S. The first-order chi connectivity index (χ1) is 9.56. The zero-order chi connectivity index (χ0) is 14.7. The van der Waals surface area contributed by atoms with E-state index in [0.29, 0.717) is 5.75 Å². The van der Waals surface area contributed by atoms with Gasteiger partial charge in [-0.3, -0.25) is 4.79 Å². The molecule has 6 nitrogen and oxygen atoms in total. The smallest absolute Gasteiger partial charge is 0.264 e. The van der Waals surface area contributed by atoms with Crippen molar-refractivity contribution in [1.29, 1.82) is 5.26 Å². The molecule has 1 aromatic rings. The summed E-state index contributed by atoms with van der Waals surface area (Å²) in [7, 11) is 0. The molecule has 1 aromatic carbocycles. The molecule has 0 spiro atoms. The van der Waals surface area contributed by atoms with Crippen LogP contribution in [0.15, 0.2) is 35.7 Å². The van der Waals surface area contributed by atoms with Gasteiger partial charge < -0.3 is 20.9 Å². The Morgan fingerprint density at radius 1 is 1.50 bits per heavy atom.